The second-order valence-electron chi connectivity index (χ2n) is 4.53. The molecule has 2 heteroatoms. The highest BCUT2D eigenvalue weighted by Crippen LogP contribution is 2.24. The second-order valence-corrected chi connectivity index (χ2v) is 4.53. The van der Waals surface area contributed by atoms with Crippen LogP contribution in [0.2, 0.25) is 0 Å². The van der Waals surface area contributed by atoms with Gasteiger partial charge in [0.05, 0.1) is 5.92 Å². The molecule has 0 bridgehead atoms. The average molecular weight is 252 g/mol. The Labute approximate surface area is 113 Å². The van der Waals surface area contributed by atoms with Gasteiger partial charge in [0.15, 0.2) is 0 Å². The fourth-order valence-electron chi connectivity index (χ4n) is 1.94. The summed E-state index contributed by atoms with van der Waals surface area (Å²) < 4.78 is 0. The molecule has 2 nitrogen and oxygen atoms in total. The van der Waals surface area contributed by atoms with E-state index >= 15 is 0 Å². The zero-order valence-electron chi connectivity index (χ0n) is 10.8. The molecule has 0 heterocycles. The number of benzene rings is 2. The van der Waals surface area contributed by atoms with Crippen LogP contribution in [0.15, 0.2) is 61.2 Å². The lowest BCUT2D eigenvalue weighted by Gasteiger charge is -2.11. The highest BCUT2D eigenvalue weighted by molar-refractivity contribution is 5.80. The van der Waals surface area contributed by atoms with Crippen LogP contribution in [0.1, 0.15) is 29.5 Å². The zero-order chi connectivity index (χ0) is 13.8. The molecule has 0 radical (unpaired) electrons. The first kappa shape index (κ1) is 13.1. The Kier molecular flexibility index (Phi) is 3.81. The van der Waals surface area contributed by atoms with Crippen LogP contribution in [0.5, 0.6) is 0 Å². The molecule has 0 fully saturated rings. The van der Waals surface area contributed by atoms with Gasteiger partial charge in [0.25, 0.3) is 0 Å². The molecule has 19 heavy (non-hydrogen) atoms. The summed E-state index contributed by atoms with van der Waals surface area (Å²) in [6.45, 7) is 5.78. The minimum Gasteiger partial charge on any atom is -0.481 e. The Morgan fingerprint density at radius 1 is 1.05 bits per heavy atom. The smallest absolute Gasteiger partial charge is 0.310 e. The summed E-state index contributed by atoms with van der Waals surface area (Å²) in [5.74, 6) is -1.33. The van der Waals surface area contributed by atoms with Crippen molar-refractivity contribution in [1.82, 2.24) is 0 Å². The monoisotopic (exact) mass is 252 g/mol. The Bertz CT molecular complexity index is 600. The summed E-state index contributed by atoms with van der Waals surface area (Å²) in [5.41, 5.74) is 3.70. The fourth-order valence-corrected chi connectivity index (χ4v) is 1.94. The van der Waals surface area contributed by atoms with Gasteiger partial charge in [-0.3, -0.25) is 4.79 Å². The van der Waals surface area contributed by atoms with Gasteiger partial charge < -0.3 is 5.11 Å². The van der Waals surface area contributed by atoms with Gasteiger partial charge >= 0.3 is 5.97 Å². The van der Waals surface area contributed by atoms with Gasteiger partial charge in [-0.2, -0.15) is 0 Å². The zero-order valence-corrected chi connectivity index (χ0v) is 10.8. The van der Waals surface area contributed by atoms with Crippen molar-refractivity contribution in [2.45, 2.75) is 12.8 Å². The molecule has 0 amide bonds. The molecule has 0 aromatic heterocycles. The van der Waals surface area contributed by atoms with E-state index in [1.165, 1.54) is 0 Å². The summed E-state index contributed by atoms with van der Waals surface area (Å²) in [6, 6.07) is 17.4. The lowest BCUT2D eigenvalue weighted by molar-refractivity contribution is -0.138. The first-order valence-corrected chi connectivity index (χ1v) is 6.17. The molecule has 1 N–H and O–H groups in total. The lowest BCUT2D eigenvalue weighted by atomic mass is 9.94. The molecule has 0 saturated heterocycles. The Hall–Kier alpha value is -2.35. The summed E-state index contributed by atoms with van der Waals surface area (Å²) >= 11 is 0. The van der Waals surface area contributed by atoms with Crippen LogP contribution in [-0.2, 0) is 4.79 Å². The van der Waals surface area contributed by atoms with Crippen molar-refractivity contribution in [3.05, 3.63) is 77.9 Å². The van der Waals surface area contributed by atoms with Crippen LogP contribution in [-0.4, -0.2) is 11.1 Å². The van der Waals surface area contributed by atoms with E-state index in [-0.39, 0.29) is 0 Å². The highest BCUT2D eigenvalue weighted by atomic mass is 16.4. The third-order valence-electron chi connectivity index (χ3n) is 3.23. The fraction of sp³-hybridized carbons (Fsp3) is 0.118. The molecular weight excluding hydrogens is 236 g/mol. The summed E-state index contributed by atoms with van der Waals surface area (Å²) in [5, 5.41) is 9.06. The quantitative estimate of drug-likeness (QED) is 0.895. The SMILES string of the molecule is C=C(c1ccccc1)c1cccc(C(C)C(=O)O)c1. The molecule has 1 unspecified atom stereocenters. The minimum absolute atomic E-state index is 0.511. The second kappa shape index (κ2) is 5.53. The van der Waals surface area contributed by atoms with Crippen LogP contribution in [0.3, 0.4) is 0 Å². The molecule has 0 saturated carbocycles. The van der Waals surface area contributed by atoms with E-state index in [2.05, 4.69) is 6.58 Å². The van der Waals surface area contributed by atoms with E-state index in [9.17, 15) is 4.79 Å². The number of hydrogen-bond donors (Lipinski definition) is 1. The molecule has 2 rings (SSSR count). The average Bonchev–Trinajstić information content (AvgIpc) is 2.46. The molecule has 2 aromatic rings. The Balaban J connectivity index is 2.34. The topological polar surface area (TPSA) is 37.3 Å². The normalized spacial score (nSPS) is 11.8. The van der Waals surface area contributed by atoms with E-state index < -0.39 is 11.9 Å². The first-order valence-electron chi connectivity index (χ1n) is 6.17. The third-order valence-corrected chi connectivity index (χ3v) is 3.23. The van der Waals surface area contributed by atoms with E-state index in [0.29, 0.717) is 0 Å². The molecule has 0 aliphatic carbocycles. The number of rotatable bonds is 4. The van der Waals surface area contributed by atoms with Crippen molar-refractivity contribution in [2.75, 3.05) is 0 Å². The molecule has 2 aromatic carbocycles. The van der Waals surface area contributed by atoms with Crippen molar-refractivity contribution in [2.24, 2.45) is 0 Å². The van der Waals surface area contributed by atoms with Gasteiger partial charge in [-0.25, -0.2) is 0 Å². The number of hydrogen-bond acceptors (Lipinski definition) is 1. The van der Waals surface area contributed by atoms with Crippen molar-refractivity contribution >= 4 is 11.5 Å². The predicted octanol–water partition coefficient (Wildman–Crippen LogP) is 3.94. The maximum atomic E-state index is 11.0. The lowest BCUT2D eigenvalue weighted by Crippen LogP contribution is -2.07. The largest absolute Gasteiger partial charge is 0.481 e. The summed E-state index contributed by atoms with van der Waals surface area (Å²) in [6.07, 6.45) is 0. The molecule has 1 atom stereocenters. The van der Waals surface area contributed by atoms with E-state index in [4.69, 9.17) is 5.11 Å². The Morgan fingerprint density at radius 3 is 2.32 bits per heavy atom. The molecule has 0 spiro atoms. The van der Waals surface area contributed by atoms with Crippen molar-refractivity contribution in [3.8, 4) is 0 Å². The van der Waals surface area contributed by atoms with Gasteiger partial charge in [0, 0.05) is 0 Å². The first-order chi connectivity index (χ1) is 9.09. The standard InChI is InChI=1S/C17H16O2/c1-12(14-7-4-3-5-8-14)15-9-6-10-16(11-15)13(2)17(18)19/h3-11,13H,1H2,2H3,(H,18,19). The van der Waals surface area contributed by atoms with E-state index in [1.807, 2.05) is 54.6 Å². The van der Waals surface area contributed by atoms with Crippen LogP contribution in [0.25, 0.3) is 5.57 Å². The minimum atomic E-state index is -0.817. The molecule has 0 aliphatic heterocycles. The maximum Gasteiger partial charge on any atom is 0.310 e. The van der Waals surface area contributed by atoms with E-state index in [1.54, 1.807) is 6.92 Å². The van der Waals surface area contributed by atoms with Crippen LogP contribution < -0.4 is 0 Å². The number of carbonyl (C=O) groups is 1. The van der Waals surface area contributed by atoms with Crippen LogP contribution >= 0.6 is 0 Å². The van der Waals surface area contributed by atoms with Crippen LogP contribution in [0, 0.1) is 0 Å². The molecule has 0 aliphatic rings. The molecular formula is C17H16O2. The van der Waals surface area contributed by atoms with Crippen LogP contribution in [0.4, 0.5) is 0 Å². The Morgan fingerprint density at radius 2 is 1.68 bits per heavy atom. The predicted molar refractivity (Wildman–Crippen MR) is 77.1 cm³/mol. The highest BCUT2D eigenvalue weighted by Gasteiger charge is 2.14. The van der Waals surface area contributed by atoms with Gasteiger partial charge in [0.1, 0.15) is 0 Å². The number of aliphatic carboxylic acids is 1. The van der Waals surface area contributed by atoms with E-state index in [0.717, 1.165) is 22.3 Å². The van der Waals surface area contributed by atoms with Gasteiger partial charge in [0.2, 0.25) is 0 Å². The summed E-state index contributed by atoms with van der Waals surface area (Å²) in [4.78, 5) is 11.0. The van der Waals surface area contributed by atoms with Gasteiger partial charge in [-0.1, -0.05) is 61.2 Å². The van der Waals surface area contributed by atoms with Crippen molar-refractivity contribution in [1.29, 1.82) is 0 Å². The van der Waals surface area contributed by atoms with Crippen molar-refractivity contribution < 1.29 is 9.90 Å². The number of carboxylic acids is 1. The van der Waals surface area contributed by atoms with Gasteiger partial charge in [-0.05, 0) is 29.2 Å². The number of carboxylic acid groups (broad SMARTS) is 1. The van der Waals surface area contributed by atoms with Crippen molar-refractivity contribution in [3.63, 3.8) is 0 Å². The molecule has 96 valence electrons. The third kappa shape index (κ3) is 2.91. The summed E-state index contributed by atoms with van der Waals surface area (Å²) in [7, 11) is 0. The van der Waals surface area contributed by atoms with Gasteiger partial charge in [-0.15, -0.1) is 0 Å². The maximum absolute atomic E-state index is 11.0.